The number of carbonyl (C=O) groups is 2. The third-order valence-electron chi connectivity index (χ3n) is 4.10. The Kier molecular flexibility index (Phi) is 7.80. The molecule has 160 valence electrons. The van der Waals surface area contributed by atoms with Crippen LogP contribution in [0.25, 0.3) is 0 Å². The third kappa shape index (κ3) is 6.40. The van der Waals surface area contributed by atoms with Gasteiger partial charge in [-0.05, 0) is 67.7 Å². The highest BCUT2D eigenvalue weighted by atomic mass is 79.9. The summed E-state index contributed by atoms with van der Waals surface area (Å²) in [5.74, 6) is 0.451. The molecule has 0 atom stereocenters. The Morgan fingerprint density at radius 3 is 2.68 bits per heavy atom. The van der Waals surface area contributed by atoms with E-state index >= 15 is 0 Å². The molecular formula is C22H20BrN3O4S. The third-order valence-corrected chi connectivity index (χ3v) is 4.80. The quantitative estimate of drug-likeness (QED) is 0.412. The van der Waals surface area contributed by atoms with Gasteiger partial charge < -0.3 is 19.8 Å². The summed E-state index contributed by atoms with van der Waals surface area (Å²) in [7, 11) is 0. The average molecular weight is 502 g/mol. The van der Waals surface area contributed by atoms with Gasteiger partial charge in [-0.3, -0.25) is 14.9 Å². The Balaban J connectivity index is 1.62. The van der Waals surface area contributed by atoms with Crippen molar-refractivity contribution >= 4 is 50.8 Å². The molecule has 2 amide bonds. The Morgan fingerprint density at radius 2 is 1.94 bits per heavy atom. The summed E-state index contributed by atoms with van der Waals surface area (Å²) in [6.45, 7) is 2.56. The number of nitrogens with one attached hydrogen (secondary N) is 3. The van der Waals surface area contributed by atoms with E-state index in [1.807, 2.05) is 6.92 Å². The number of benzene rings is 2. The zero-order valence-corrected chi connectivity index (χ0v) is 19.0. The lowest BCUT2D eigenvalue weighted by Gasteiger charge is -2.13. The van der Waals surface area contributed by atoms with Crippen LogP contribution in [0, 0.1) is 0 Å². The molecule has 1 aromatic heterocycles. The normalized spacial score (nSPS) is 10.3. The van der Waals surface area contributed by atoms with E-state index in [0.717, 1.165) is 4.47 Å². The van der Waals surface area contributed by atoms with Gasteiger partial charge >= 0.3 is 0 Å². The monoisotopic (exact) mass is 501 g/mol. The fourth-order valence-corrected chi connectivity index (χ4v) is 3.29. The summed E-state index contributed by atoms with van der Waals surface area (Å²) in [6, 6.07) is 15.5. The second-order valence-electron chi connectivity index (χ2n) is 6.32. The zero-order chi connectivity index (χ0) is 22.2. The topological polar surface area (TPSA) is 92.6 Å². The van der Waals surface area contributed by atoms with Crippen molar-refractivity contribution in [2.45, 2.75) is 13.5 Å². The van der Waals surface area contributed by atoms with Gasteiger partial charge in [-0.15, -0.1) is 0 Å². The molecule has 0 saturated heterocycles. The highest BCUT2D eigenvalue weighted by Crippen LogP contribution is 2.23. The first-order valence-corrected chi connectivity index (χ1v) is 10.6. The van der Waals surface area contributed by atoms with Gasteiger partial charge in [0.15, 0.2) is 5.11 Å². The smallest absolute Gasteiger partial charge is 0.261 e. The molecule has 0 aliphatic heterocycles. The predicted octanol–water partition coefficient (Wildman–Crippen LogP) is 4.50. The van der Waals surface area contributed by atoms with Gasteiger partial charge in [0.1, 0.15) is 11.5 Å². The van der Waals surface area contributed by atoms with Crippen LogP contribution in [0.3, 0.4) is 0 Å². The van der Waals surface area contributed by atoms with Crippen LogP contribution in [0.4, 0.5) is 5.69 Å². The molecular weight excluding hydrogens is 482 g/mol. The molecule has 7 nitrogen and oxygen atoms in total. The largest absolute Gasteiger partial charge is 0.493 e. The molecule has 0 saturated carbocycles. The van der Waals surface area contributed by atoms with E-state index in [4.69, 9.17) is 21.4 Å². The minimum atomic E-state index is -0.408. The van der Waals surface area contributed by atoms with Crippen molar-refractivity contribution in [3.05, 3.63) is 82.2 Å². The highest BCUT2D eigenvalue weighted by Gasteiger charge is 2.15. The number of ether oxygens (including phenoxy) is 1. The highest BCUT2D eigenvalue weighted by molar-refractivity contribution is 9.10. The van der Waals surface area contributed by atoms with Crippen LogP contribution in [-0.2, 0) is 6.54 Å². The molecule has 3 rings (SSSR count). The van der Waals surface area contributed by atoms with E-state index in [0.29, 0.717) is 34.9 Å². The maximum atomic E-state index is 12.7. The van der Waals surface area contributed by atoms with Crippen molar-refractivity contribution < 1.29 is 18.7 Å². The van der Waals surface area contributed by atoms with Crippen molar-refractivity contribution in [3.63, 3.8) is 0 Å². The van der Waals surface area contributed by atoms with Gasteiger partial charge in [0.05, 0.1) is 25.0 Å². The molecule has 0 bridgehead atoms. The first kappa shape index (κ1) is 22.5. The summed E-state index contributed by atoms with van der Waals surface area (Å²) in [5.41, 5.74) is 1.36. The number of furan rings is 1. The second-order valence-corrected chi connectivity index (χ2v) is 7.65. The van der Waals surface area contributed by atoms with Crippen LogP contribution < -0.4 is 20.7 Å². The summed E-state index contributed by atoms with van der Waals surface area (Å²) in [6.07, 6.45) is 1.55. The lowest BCUT2D eigenvalue weighted by atomic mass is 10.2. The number of carbonyl (C=O) groups excluding carboxylic acids is 2. The van der Waals surface area contributed by atoms with Crippen LogP contribution in [0.2, 0.25) is 0 Å². The second kappa shape index (κ2) is 10.7. The first-order valence-electron chi connectivity index (χ1n) is 9.41. The van der Waals surface area contributed by atoms with Crippen LogP contribution in [0.1, 0.15) is 33.4 Å². The number of amides is 2. The molecule has 0 aliphatic rings. The minimum Gasteiger partial charge on any atom is -0.493 e. The molecule has 3 aromatic rings. The van der Waals surface area contributed by atoms with E-state index in [1.54, 1.807) is 60.9 Å². The summed E-state index contributed by atoms with van der Waals surface area (Å²) >= 11 is 8.61. The Labute approximate surface area is 193 Å². The molecule has 0 radical (unpaired) electrons. The number of hydrogen-bond acceptors (Lipinski definition) is 5. The van der Waals surface area contributed by atoms with Crippen LogP contribution in [-0.4, -0.2) is 23.5 Å². The maximum absolute atomic E-state index is 12.7. The van der Waals surface area contributed by atoms with Crippen molar-refractivity contribution in [1.29, 1.82) is 0 Å². The van der Waals surface area contributed by atoms with E-state index in [9.17, 15) is 9.59 Å². The number of halogens is 1. The molecule has 9 heteroatoms. The maximum Gasteiger partial charge on any atom is 0.261 e. The molecule has 3 N–H and O–H groups in total. The summed E-state index contributed by atoms with van der Waals surface area (Å²) in [4.78, 5) is 25.0. The molecule has 0 unspecified atom stereocenters. The van der Waals surface area contributed by atoms with Crippen molar-refractivity contribution in [2.24, 2.45) is 0 Å². The number of thiocarbonyl (C=S) groups is 1. The minimum absolute atomic E-state index is 0.0977. The molecule has 0 spiro atoms. The van der Waals surface area contributed by atoms with Gasteiger partial charge in [0, 0.05) is 15.7 Å². The molecule has 2 aromatic carbocycles. The van der Waals surface area contributed by atoms with Gasteiger partial charge in [-0.1, -0.05) is 22.0 Å². The molecule has 31 heavy (non-hydrogen) atoms. The fourth-order valence-electron chi connectivity index (χ4n) is 2.71. The number of anilines is 1. The number of rotatable bonds is 7. The first-order chi connectivity index (χ1) is 15.0. The van der Waals surface area contributed by atoms with Crippen LogP contribution in [0.5, 0.6) is 5.75 Å². The van der Waals surface area contributed by atoms with Crippen LogP contribution >= 0.6 is 28.1 Å². The predicted molar refractivity (Wildman–Crippen MR) is 125 cm³/mol. The van der Waals surface area contributed by atoms with Crippen molar-refractivity contribution in [2.75, 3.05) is 11.9 Å². The van der Waals surface area contributed by atoms with E-state index in [-0.39, 0.29) is 17.6 Å². The SMILES string of the molecule is CCOc1ccc(Br)cc1C(=O)NC(=S)Nc1cccc(C(=O)NCc2ccco2)c1. The van der Waals surface area contributed by atoms with E-state index in [1.165, 1.54) is 0 Å². The summed E-state index contributed by atoms with van der Waals surface area (Å²) < 4.78 is 11.5. The lowest BCUT2D eigenvalue weighted by Crippen LogP contribution is -2.34. The Bertz CT molecular complexity index is 1090. The Morgan fingerprint density at radius 1 is 1.10 bits per heavy atom. The van der Waals surface area contributed by atoms with Gasteiger partial charge in [0.2, 0.25) is 0 Å². The van der Waals surface area contributed by atoms with Gasteiger partial charge in [-0.2, -0.15) is 0 Å². The van der Waals surface area contributed by atoms with Crippen molar-refractivity contribution in [3.8, 4) is 5.75 Å². The van der Waals surface area contributed by atoms with Gasteiger partial charge in [0.25, 0.3) is 11.8 Å². The Hall–Kier alpha value is -3.17. The van der Waals surface area contributed by atoms with Crippen molar-refractivity contribution in [1.82, 2.24) is 10.6 Å². The van der Waals surface area contributed by atoms with Gasteiger partial charge in [-0.25, -0.2) is 0 Å². The number of hydrogen-bond donors (Lipinski definition) is 3. The molecule has 0 fully saturated rings. The molecule has 1 heterocycles. The van der Waals surface area contributed by atoms with E-state index < -0.39 is 5.91 Å². The van der Waals surface area contributed by atoms with E-state index in [2.05, 4.69) is 31.9 Å². The fraction of sp³-hybridized carbons (Fsp3) is 0.136. The average Bonchev–Trinajstić information content (AvgIpc) is 3.27. The summed E-state index contributed by atoms with van der Waals surface area (Å²) in [5, 5.41) is 8.43. The molecule has 0 aliphatic carbocycles. The van der Waals surface area contributed by atoms with Crippen LogP contribution in [0.15, 0.2) is 69.8 Å². The lowest BCUT2D eigenvalue weighted by molar-refractivity contribution is 0.0945. The standard InChI is InChI=1S/C22H20BrN3O4S/c1-2-29-19-9-8-15(23)12-18(19)21(28)26-22(31)25-16-6-3-5-14(11-16)20(27)24-13-17-7-4-10-30-17/h3-12H,2,13H2,1H3,(H,24,27)(H2,25,26,28,31). The zero-order valence-electron chi connectivity index (χ0n) is 16.6.